The van der Waals surface area contributed by atoms with Crippen molar-refractivity contribution in [2.45, 2.75) is 37.5 Å². The summed E-state index contributed by atoms with van der Waals surface area (Å²) >= 11 is 7.55. The quantitative estimate of drug-likeness (QED) is 0.366. The summed E-state index contributed by atoms with van der Waals surface area (Å²) in [5.74, 6) is 2.27. The van der Waals surface area contributed by atoms with Gasteiger partial charge in [0.15, 0.2) is 0 Å². The highest BCUT2D eigenvalue weighted by atomic mass is 35.5. The fourth-order valence-corrected chi connectivity index (χ4v) is 3.58. The van der Waals surface area contributed by atoms with Gasteiger partial charge in [0.1, 0.15) is 0 Å². The van der Waals surface area contributed by atoms with Crippen LogP contribution in [0.3, 0.4) is 0 Å². The summed E-state index contributed by atoms with van der Waals surface area (Å²) in [7, 11) is 0. The lowest BCUT2D eigenvalue weighted by Crippen LogP contribution is -2.25. The molecule has 0 radical (unpaired) electrons. The minimum atomic E-state index is -0.0252. The summed E-state index contributed by atoms with van der Waals surface area (Å²) in [6.45, 7) is 4.91. The number of carbonyl (C=O) groups excluding carboxylic acids is 1. The molecule has 0 unspecified atom stereocenters. The zero-order chi connectivity index (χ0) is 20.6. The lowest BCUT2D eigenvalue weighted by molar-refractivity contribution is -0.121. The zero-order valence-corrected chi connectivity index (χ0v) is 18.1. The Morgan fingerprint density at radius 2 is 1.86 bits per heavy atom. The number of nitrogens with one attached hydrogen (secondary N) is 1. The molecule has 0 spiro atoms. The van der Waals surface area contributed by atoms with Crippen molar-refractivity contribution in [1.29, 1.82) is 0 Å². The summed E-state index contributed by atoms with van der Waals surface area (Å²) in [6, 6.07) is 15.8. The van der Waals surface area contributed by atoms with Gasteiger partial charge in [-0.1, -0.05) is 54.9 Å². The predicted molar refractivity (Wildman–Crippen MR) is 117 cm³/mol. The molecule has 0 atom stereocenters. The maximum atomic E-state index is 12.0. The summed E-state index contributed by atoms with van der Waals surface area (Å²) in [5, 5.41) is 7.66. The van der Waals surface area contributed by atoms with Crippen LogP contribution in [0.4, 0.5) is 0 Å². The molecular weight excluding hydrogens is 406 g/mol. The Bertz CT molecular complexity index is 924. The van der Waals surface area contributed by atoms with E-state index in [4.69, 9.17) is 16.1 Å². The third-order valence-corrected chi connectivity index (χ3v) is 5.64. The predicted octanol–water partition coefficient (Wildman–Crippen LogP) is 5.35. The van der Waals surface area contributed by atoms with Crippen LogP contribution in [0.1, 0.15) is 37.6 Å². The summed E-state index contributed by atoms with van der Waals surface area (Å²) < 4.78 is 5.28. The van der Waals surface area contributed by atoms with Gasteiger partial charge in [0.25, 0.3) is 0 Å². The Morgan fingerprint density at radius 1 is 1.14 bits per heavy atom. The number of halogens is 1. The number of carbonyl (C=O) groups is 1. The third-order valence-electron chi connectivity index (χ3n) is 4.38. The van der Waals surface area contributed by atoms with Crippen molar-refractivity contribution in [3.05, 3.63) is 65.0 Å². The first-order valence-corrected chi connectivity index (χ1v) is 11.0. The minimum Gasteiger partial charge on any atom is -0.355 e. The highest BCUT2D eigenvalue weighted by molar-refractivity contribution is 7.99. The molecule has 0 aliphatic heterocycles. The van der Waals surface area contributed by atoms with Crippen LogP contribution in [-0.2, 0) is 11.2 Å². The van der Waals surface area contributed by atoms with Crippen LogP contribution in [0.2, 0.25) is 5.02 Å². The molecule has 3 aromatic rings. The largest absolute Gasteiger partial charge is 0.355 e. The van der Waals surface area contributed by atoms with Crippen LogP contribution < -0.4 is 5.32 Å². The molecule has 152 valence electrons. The standard InChI is InChI=1S/C22H24ClN3O2S/c1-15(2)16-3-5-17(6-4-16)22-25-21(28-26-22)12-11-20(27)24-13-14-29-19-9-7-18(23)8-10-19/h3-10,15H,11-14H2,1-2H3,(H,24,27). The monoisotopic (exact) mass is 429 g/mol. The van der Waals surface area contributed by atoms with Gasteiger partial charge in [0.05, 0.1) is 0 Å². The molecular formula is C22H24ClN3O2S. The van der Waals surface area contributed by atoms with E-state index in [1.165, 1.54) is 5.56 Å². The number of aromatic nitrogens is 2. The van der Waals surface area contributed by atoms with Gasteiger partial charge in [-0.15, -0.1) is 11.8 Å². The molecule has 0 saturated carbocycles. The number of rotatable bonds is 9. The van der Waals surface area contributed by atoms with Crippen molar-refractivity contribution in [2.75, 3.05) is 12.3 Å². The number of amides is 1. The van der Waals surface area contributed by atoms with Gasteiger partial charge < -0.3 is 9.84 Å². The molecule has 5 nitrogen and oxygen atoms in total. The van der Waals surface area contributed by atoms with Gasteiger partial charge in [-0.25, -0.2) is 0 Å². The lowest BCUT2D eigenvalue weighted by atomic mass is 10.0. The molecule has 0 aliphatic rings. The smallest absolute Gasteiger partial charge is 0.227 e. The summed E-state index contributed by atoms with van der Waals surface area (Å²) in [6.07, 6.45) is 0.743. The highest BCUT2D eigenvalue weighted by Crippen LogP contribution is 2.21. The first kappa shape index (κ1) is 21.4. The number of hydrogen-bond acceptors (Lipinski definition) is 5. The molecule has 3 rings (SSSR count). The number of thioether (sulfide) groups is 1. The van der Waals surface area contributed by atoms with E-state index in [2.05, 4.69) is 41.4 Å². The average molecular weight is 430 g/mol. The molecule has 7 heteroatoms. The SMILES string of the molecule is CC(C)c1ccc(-c2noc(CCC(=O)NCCSc3ccc(Cl)cc3)n2)cc1. The lowest BCUT2D eigenvalue weighted by Gasteiger charge is -2.04. The van der Waals surface area contributed by atoms with Gasteiger partial charge in [0.2, 0.25) is 17.6 Å². The van der Waals surface area contributed by atoms with Crippen molar-refractivity contribution < 1.29 is 9.32 Å². The Labute approximate surface area is 180 Å². The van der Waals surface area contributed by atoms with E-state index >= 15 is 0 Å². The zero-order valence-electron chi connectivity index (χ0n) is 16.5. The maximum absolute atomic E-state index is 12.0. The average Bonchev–Trinajstić information content (AvgIpc) is 3.20. The Morgan fingerprint density at radius 3 is 2.55 bits per heavy atom. The summed E-state index contributed by atoms with van der Waals surface area (Å²) in [4.78, 5) is 17.5. The van der Waals surface area contributed by atoms with E-state index in [9.17, 15) is 4.79 Å². The number of nitrogens with zero attached hydrogens (tertiary/aromatic N) is 2. The van der Waals surface area contributed by atoms with Gasteiger partial charge >= 0.3 is 0 Å². The van der Waals surface area contributed by atoms with Gasteiger partial charge in [0, 0.05) is 40.6 Å². The van der Waals surface area contributed by atoms with E-state index in [1.807, 2.05) is 36.4 Å². The van der Waals surface area contributed by atoms with Gasteiger partial charge in [-0.3, -0.25) is 4.79 Å². The van der Waals surface area contributed by atoms with Crippen LogP contribution in [0.5, 0.6) is 0 Å². The normalized spacial score (nSPS) is 11.0. The highest BCUT2D eigenvalue weighted by Gasteiger charge is 2.11. The van der Waals surface area contributed by atoms with Crippen molar-refractivity contribution in [2.24, 2.45) is 0 Å². The van der Waals surface area contributed by atoms with E-state index in [0.717, 1.165) is 21.2 Å². The van der Waals surface area contributed by atoms with Crippen LogP contribution >= 0.6 is 23.4 Å². The molecule has 1 amide bonds. The fraction of sp³-hybridized carbons (Fsp3) is 0.318. The van der Waals surface area contributed by atoms with Crippen molar-refractivity contribution >= 4 is 29.3 Å². The Hall–Kier alpha value is -2.31. The second-order valence-electron chi connectivity index (χ2n) is 6.94. The number of benzene rings is 2. The molecule has 0 aliphatic carbocycles. The molecule has 1 aromatic heterocycles. The van der Waals surface area contributed by atoms with Crippen molar-refractivity contribution in [1.82, 2.24) is 15.5 Å². The van der Waals surface area contributed by atoms with Crippen LogP contribution in [0.15, 0.2) is 57.9 Å². The van der Waals surface area contributed by atoms with E-state index in [1.54, 1.807) is 11.8 Å². The van der Waals surface area contributed by atoms with Crippen molar-refractivity contribution in [3.8, 4) is 11.4 Å². The number of hydrogen-bond donors (Lipinski definition) is 1. The second-order valence-corrected chi connectivity index (χ2v) is 8.55. The third kappa shape index (κ3) is 6.61. The van der Waals surface area contributed by atoms with E-state index in [-0.39, 0.29) is 5.91 Å². The van der Waals surface area contributed by atoms with Gasteiger partial charge in [-0.05, 0) is 35.7 Å². The number of aryl methyl sites for hydroxylation is 1. The van der Waals surface area contributed by atoms with Crippen LogP contribution in [-0.4, -0.2) is 28.3 Å². The first-order valence-electron chi connectivity index (χ1n) is 9.59. The maximum Gasteiger partial charge on any atom is 0.227 e. The molecule has 2 aromatic carbocycles. The first-order chi connectivity index (χ1) is 14.0. The van der Waals surface area contributed by atoms with E-state index < -0.39 is 0 Å². The molecule has 1 heterocycles. The Balaban J connectivity index is 1.39. The minimum absolute atomic E-state index is 0.0252. The summed E-state index contributed by atoms with van der Waals surface area (Å²) in [5.41, 5.74) is 2.18. The second kappa shape index (κ2) is 10.5. The van der Waals surface area contributed by atoms with Crippen LogP contribution in [0.25, 0.3) is 11.4 Å². The van der Waals surface area contributed by atoms with Crippen LogP contribution in [0, 0.1) is 0 Å². The topological polar surface area (TPSA) is 68.0 Å². The molecule has 0 fully saturated rings. The Kier molecular flexibility index (Phi) is 7.72. The fourth-order valence-electron chi connectivity index (χ4n) is 2.69. The van der Waals surface area contributed by atoms with Gasteiger partial charge in [-0.2, -0.15) is 4.98 Å². The molecule has 0 bridgehead atoms. The molecule has 29 heavy (non-hydrogen) atoms. The van der Waals surface area contributed by atoms with E-state index in [0.29, 0.717) is 37.0 Å². The van der Waals surface area contributed by atoms with Crippen molar-refractivity contribution in [3.63, 3.8) is 0 Å². The molecule has 0 saturated heterocycles. The molecule has 1 N–H and O–H groups in total.